The van der Waals surface area contributed by atoms with E-state index in [1.54, 1.807) is 6.07 Å². The maximum Gasteiger partial charge on any atom is 0.296 e. The molecule has 0 aromatic heterocycles. The molecule has 2 heterocycles. The molecule has 1 amide bonds. The van der Waals surface area contributed by atoms with Crippen LogP contribution in [-0.4, -0.2) is 35.5 Å². The fourth-order valence-electron chi connectivity index (χ4n) is 2.41. The molecule has 1 unspecified atom stereocenters. The Balaban J connectivity index is 1.84. The summed E-state index contributed by atoms with van der Waals surface area (Å²) in [5.74, 6) is 2.82. The number of thioether (sulfide) groups is 1. The maximum atomic E-state index is 11.3. The van der Waals surface area contributed by atoms with Crippen molar-refractivity contribution in [2.24, 2.45) is 5.92 Å². The minimum absolute atomic E-state index is 0.0319. The largest absolute Gasteiger partial charge is 0.481 e. The van der Waals surface area contributed by atoms with Crippen LogP contribution in [0.3, 0.4) is 0 Å². The smallest absolute Gasteiger partial charge is 0.296 e. The van der Waals surface area contributed by atoms with Gasteiger partial charge in [-0.3, -0.25) is 14.9 Å². The average Bonchev–Trinajstić information content (AvgIpc) is 2.97. The van der Waals surface area contributed by atoms with Gasteiger partial charge >= 0.3 is 0 Å². The summed E-state index contributed by atoms with van der Waals surface area (Å²) in [6.45, 7) is 0.581. The van der Waals surface area contributed by atoms with E-state index in [2.05, 4.69) is 10.6 Å². The number of amides is 1. The normalized spacial score (nSPS) is 20.4. The predicted molar refractivity (Wildman–Crippen MR) is 81.1 cm³/mol. The van der Waals surface area contributed by atoms with Gasteiger partial charge in [0, 0.05) is 6.54 Å². The lowest BCUT2D eigenvalue weighted by Gasteiger charge is -2.19. The van der Waals surface area contributed by atoms with Gasteiger partial charge in [-0.15, -0.1) is 0 Å². The third-order valence-corrected chi connectivity index (χ3v) is 4.76. The van der Waals surface area contributed by atoms with Crippen LogP contribution in [0.2, 0.25) is 0 Å². The minimum atomic E-state index is -0.439. The van der Waals surface area contributed by atoms with Gasteiger partial charge < -0.3 is 15.4 Å². The minimum Gasteiger partial charge on any atom is -0.481 e. The van der Waals surface area contributed by atoms with Crippen LogP contribution >= 0.6 is 11.8 Å². The number of nitrogens with one attached hydrogen (secondary N) is 2. The van der Waals surface area contributed by atoms with Gasteiger partial charge in [-0.25, -0.2) is 0 Å². The highest BCUT2D eigenvalue weighted by Gasteiger charge is 2.24. The summed E-state index contributed by atoms with van der Waals surface area (Å²) in [7, 11) is 0. The van der Waals surface area contributed by atoms with Gasteiger partial charge in [0.2, 0.25) is 0 Å². The van der Waals surface area contributed by atoms with Crippen LogP contribution in [0.15, 0.2) is 12.1 Å². The van der Waals surface area contributed by atoms with E-state index < -0.39 is 4.92 Å². The quantitative estimate of drug-likeness (QED) is 0.653. The number of carbonyl (C=O) groups excluding carboxylic acids is 1. The summed E-state index contributed by atoms with van der Waals surface area (Å²) < 4.78 is 5.21. The molecule has 0 saturated carbocycles. The van der Waals surface area contributed by atoms with Crippen molar-refractivity contribution < 1.29 is 14.5 Å². The van der Waals surface area contributed by atoms with Crippen LogP contribution in [-0.2, 0) is 4.79 Å². The molecule has 0 bridgehead atoms. The molecule has 0 aliphatic carbocycles. The molecule has 1 saturated heterocycles. The van der Waals surface area contributed by atoms with E-state index in [1.807, 2.05) is 11.8 Å². The number of fused-ring (bicyclic) bond motifs is 1. The number of nitro benzene ring substituents is 1. The molecule has 112 valence electrons. The summed E-state index contributed by atoms with van der Waals surface area (Å²) >= 11 is 1.90. The zero-order valence-corrected chi connectivity index (χ0v) is 12.1. The van der Waals surface area contributed by atoms with Gasteiger partial charge in [0.15, 0.2) is 12.4 Å². The van der Waals surface area contributed by atoms with E-state index in [1.165, 1.54) is 6.07 Å². The van der Waals surface area contributed by atoms with Gasteiger partial charge in [-0.05, 0) is 29.9 Å². The second-order valence-corrected chi connectivity index (χ2v) is 6.22. The SMILES string of the molecule is O=C1COc2cc([N+](=O)[O-])c(NCC3CCSC3)cc2N1. The van der Waals surface area contributed by atoms with Crippen molar-refractivity contribution in [1.82, 2.24) is 0 Å². The van der Waals surface area contributed by atoms with Crippen molar-refractivity contribution in [3.63, 3.8) is 0 Å². The maximum absolute atomic E-state index is 11.3. The predicted octanol–water partition coefficient (Wildman–Crippen LogP) is 2.09. The highest BCUT2D eigenvalue weighted by Crippen LogP contribution is 2.38. The first-order valence-electron chi connectivity index (χ1n) is 6.70. The molecule has 1 aromatic carbocycles. The zero-order valence-electron chi connectivity index (χ0n) is 11.3. The number of anilines is 2. The number of nitro groups is 1. The highest BCUT2D eigenvalue weighted by atomic mass is 32.2. The lowest BCUT2D eigenvalue weighted by Crippen LogP contribution is -2.25. The van der Waals surface area contributed by atoms with Gasteiger partial charge in [0.05, 0.1) is 16.7 Å². The monoisotopic (exact) mass is 309 g/mol. The van der Waals surface area contributed by atoms with E-state index >= 15 is 0 Å². The van der Waals surface area contributed by atoms with Crippen molar-refractivity contribution in [2.75, 3.05) is 35.3 Å². The number of nitrogens with zero attached hydrogens (tertiary/aromatic N) is 1. The number of rotatable bonds is 4. The van der Waals surface area contributed by atoms with Gasteiger partial charge in [0.25, 0.3) is 11.6 Å². The van der Waals surface area contributed by atoms with E-state index in [-0.39, 0.29) is 18.2 Å². The van der Waals surface area contributed by atoms with E-state index in [0.717, 1.165) is 17.9 Å². The van der Waals surface area contributed by atoms with E-state index in [4.69, 9.17) is 4.74 Å². The molecule has 7 nitrogen and oxygen atoms in total. The molecule has 2 N–H and O–H groups in total. The van der Waals surface area contributed by atoms with Crippen molar-refractivity contribution >= 4 is 34.7 Å². The molecule has 2 aliphatic heterocycles. The van der Waals surface area contributed by atoms with Crippen LogP contribution in [0, 0.1) is 16.0 Å². The summed E-state index contributed by atoms with van der Waals surface area (Å²) in [5, 5.41) is 17.0. The molecule has 21 heavy (non-hydrogen) atoms. The van der Waals surface area contributed by atoms with Gasteiger partial charge in [0.1, 0.15) is 5.69 Å². The molecule has 0 radical (unpaired) electrons. The molecule has 0 spiro atoms. The first-order valence-corrected chi connectivity index (χ1v) is 7.85. The van der Waals surface area contributed by atoms with Crippen LogP contribution < -0.4 is 15.4 Å². The number of benzene rings is 1. The first kappa shape index (κ1) is 14.0. The Labute approximate surface area is 125 Å². The lowest BCUT2D eigenvalue weighted by molar-refractivity contribution is -0.384. The number of hydrogen-bond acceptors (Lipinski definition) is 6. The van der Waals surface area contributed by atoms with Crippen molar-refractivity contribution in [2.45, 2.75) is 6.42 Å². The number of hydrogen-bond donors (Lipinski definition) is 2. The molecular formula is C13H15N3O4S. The zero-order chi connectivity index (χ0) is 14.8. The molecular weight excluding hydrogens is 294 g/mol. The average molecular weight is 309 g/mol. The Morgan fingerprint density at radius 3 is 3.10 bits per heavy atom. The van der Waals surface area contributed by atoms with E-state index in [0.29, 0.717) is 29.6 Å². The molecule has 8 heteroatoms. The third kappa shape index (κ3) is 3.05. The highest BCUT2D eigenvalue weighted by molar-refractivity contribution is 7.99. The Morgan fingerprint density at radius 1 is 1.52 bits per heavy atom. The van der Waals surface area contributed by atoms with Gasteiger partial charge in [-0.2, -0.15) is 11.8 Å². The van der Waals surface area contributed by atoms with Crippen molar-refractivity contribution in [1.29, 1.82) is 0 Å². The topological polar surface area (TPSA) is 93.5 Å². The lowest BCUT2D eigenvalue weighted by atomic mass is 10.1. The molecule has 3 rings (SSSR count). The van der Waals surface area contributed by atoms with Crippen LogP contribution in [0.4, 0.5) is 17.1 Å². The standard InChI is InChI=1S/C13H15N3O4S/c17-13-6-20-12-4-11(16(18)19)9(3-10(12)15-13)14-5-8-1-2-21-7-8/h3-4,8,14H,1-2,5-7H2,(H,15,17). The Kier molecular flexibility index (Phi) is 3.87. The molecule has 1 aromatic rings. The number of carbonyl (C=O) groups is 1. The Hall–Kier alpha value is -1.96. The number of ether oxygens (including phenoxy) is 1. The molecule has 1 fully saturated rings. The summed E-state index contributed by atoms with van der Waals surface area (Å²) in [6.07, 6.45) is 1.12. The van der Waals surface area contributed by atoms with Gasteiger partial charge in [-0.1, -0.05) is 0 Å². The Morgan fingerprint density at radius 2 is 2.38 bits per heavy atom. The van der Waals surface area contributed by atoms with Crippen LogP contribution in [0.1, 0.15) is 6.42 Å². The van der Waals surface area contributed by atoms with E-state index in [9.17, 15) is 14.9 Å². The first-order chi connectivity index (χ1) is 10.1. The van der Waals surface area contributed by atoms with Crippen molar-refractivity contribution in [3.8, 4) is 5.75 Å². The summed E-state index contributed by atoms with van der Waals surface area (Å²) in [5.41, 5.74) is 0.858. The second-order valence-electron chi connectivity index (χ2n) is 5.07. The molecule has 1 atom stereocenters. The third-order valence-electron chi connectivity index (χ3n) is 3.53. The van der Waals surface area contributed by atoms with Crippen molar-refractivity contribution in [3.05, 3.63) is 22.2 Å². The fraction of sp³-hybridized carbons (Fsp3) is 0.462. The summed E-state index contributed by atoms with van der Waals surface area (Å²) in [6, 6.07) is 2.94. The Bertz CT molecular complexity index is 587. The van der Waals surface area contributed by atoms with Crippen LogP contribution in [0.5, 0.6) is 5.75 Å². The molecule has 2 aliphatic rings. The van der Waals surface area contributed by atoms with Crippen LogP contribution in [0.25, 0.3) is 0 Å². The fourth-order valence-corrected chi connectivity index (χ4v) is 3.69. The second kappa shape index (κ2) is 5.80. The summed E-state index contributed by atoms with van der Waals surface area (Å²) in [4.78, 5) is 22.1.